The van der Waals surface area contributed by atoms with Crippen LogP contribution in [0.4, 0.5) is 0 Å². The molecule has 0 radical (unpaired) electrons. The molecule has 0 bridgehead atoms. The number of benzene rings is 1. The van der Waals surface area contributed by atoms with Crippen molar-refractivity contribution >= 4 is 17.9 Å². The van der Waals surface area contributed by atoms with E-state index >= 15 is 0 Å². The summed E-state index contributed by atoms with van der Waals surface area (Å²) in [7, 11) is 0. The molecule has 0 fully saturated rings. The van der Waals surface area contributed by atoms with Gasteiger partial charge in [-0.05, 0) is 24.6 Å². The van der Waals surface area contributed by atoms with Gasteiger partial charge in [0.15, 0.2) is 0 Å². The van der Waals surface area contributed by atoms with Crippen LogP contribution in [0.5, 0.6) is 0 Å². The number of rotatable bonds is 2. The zero-order valence-electron chi connectivity index (χ0n) is 6.30. The molecule has 0 N–H and O–H groups in total. The van der Waals surface area contributed by atoms with Gasteiger partial charge in [-0.3, -0.25) is 4.79 Å². The monoisotopic (exact) mass is 168 g/mol. The second-order valence-electron chi connectivity index (χ2n) is 2.50. The van der Waals surface area contributed by atoms with Gasteiger partial charge in [0.2, 0.25) is 0 Å². The lowest BCUT2D eigenvalue weighted by Crippen LogP contribution is -1.86. The highest BCUT2D eigenvalue weighted by molar-refractivity contribution is 6.17. The molecule has 1 aromatic carbocycles. The first-order valence-electron chi connectivity index (χ1n) is 3.38. The fraction of sp³-hybridized carbons (Fsp3) is 0.222. The molecule has 0 aliphatic heterocycles. The summed E-state index contributed by atoms with van der Waals surface area (Å²) in [6.45, 7) is 1.95. The molecule has 0 aromatic heterocycles. The maximum atomic E-state index is 10.4. The number of aryl methyl sites for hydroxylation is 1. The van der Waals surface area contributed by atoms with Crippen LogP contribution in [0.2, 0.25) is 0 Å². The second-order valence-corrected chi connectivity index (χ2v) is 2.77. The Morgan fingerprint density at radius 3 is 2.73 bits per heavy atom. The molecule has 0 saturated carbocycles. The van der Waals surface area contributed by atoms with Gasteiger partial charge in [0.25, 0.3) is 0 Å². The van der Waals surface area contributed by atoms with Gasteiger partial charge >= 0.3 is 0 Å². The molecule has 1 aromatic rings. The zero-order valence-corrected chi connectivity index (χ0v) is 7.06. The first kappa shape index (κ1) is 8.28. The van der Waals surface area contributed by atoms with E-state index in [4.69, 9.17) is 11.6 Å². The Bertz CT molecular complexity index is 268. The van der Waals surface area contributed by atoms with Crippen LogP contribution >= 0.6 is 11.6 Å². The van der Waals surface area contributed by atoms with Crippen LogP contribution in [0.3, 0.4) is 0 Å². The quantitative estimate of drug-likeness (QED) is 0.490. The predicted octanol–water partition coefficient (Wildman–Crippen LogP) is 2.55. The highest BCUT2D eigenvalue weighted by Gasteiger charge is 1.95. The van der Waals surface area contributed by atoms with Gasteiger partial charge in [-0.25, -0.2) is 0 Å². The lowest BCUT2D eigenvalue weighted by atomic mass is 10.1. The van der Waals surface area contributed by atoms with E-state index in [0.717, 1.165) is 17.4 Å². The van der Waals surface area contributed by atoms with Crippen molar-refractivity contribution in [2.45, 2.75) is 12.8 Å². The molecule has 0 saturated heterocycles. The lowest BCUT2D eigenvalue weighted by molar-refractivity contribution is 0.112. The number of hydrogen-bond acceptors (Lipinski definition) is 1. The minimum atomic E-state index is 0.461. The number of halogens is 1. The fourth-order valence-corrected chi connectivity index (χ4v) is 1.19. The van der Waals surface area contributed by atoms with E-state index in [0.29, 0.717) is 11.4 Å². The van der Waals surface area contributed by atoms with E-state index in [2.05, 4.69) is 0 Å². The summed E-state index contributed by atoms with van der Waals surface area (Å²) < 4.78 is 0. The Labute approximate surface area is 71.0 Å². The third kappa shape index (κ3) is 2.05. The lowest BCUT2D eigenvalue weighted by Gasteiger charge is -1.98. The largest absolute Gasteiger partial charge is 0.298 e. The van der Waals surface area contributed by atoms with Crippen molar-refractivity contribution in [2.75, 3.05) is 0 Å². The van der Waals surface area contributed by atoms with Crippen LogP contribution in [0.25, 0.3) is 0 Å². The topological polar surface area (TPSA) is 17.1 Å². The van der Waals surface area contributed by atoms with Gasteiger partial charge in [0.1, 0.15) is 6.29 Å². The Kier molecular flexibility index (Phi) is 2.66. The van der Waals surface area contributed by atoms with Crippen molar-refractivity contribution in [2.24, 2.45) is 0 Å². The molecule has 1 nitrogen and oxygen atoms in total. The van der Waals surface area contributed by atoms with Crippen LogP contribution in [0, 0.1) is 6.92 Å². The molecule has 0 atom stereocenters. The maximum Gasteiger partial charge on any atom is 0.150 e. The molecular formula is C9H9ClO. The number of carbonyl (C=O) groups is 1. The molecule has 0 aliphatic carbocycles. The highest BCUT2D eigenvalue weighted by atomic mass is 35.5. The second kappa shape index (κ2) is 3.54. The van der Waals surface area contributed by atoms with E-state index < -0.39 is 0 Å². The standard InChI is InChI=1S/C9H9ClO/c1-7-2-8(5-10)4-9(3-7)6-11/h2-4,6H,5H2,1H3. The Morgan fingerprint density at radius 1 is 1.45 bits per heavy atom. The van der Waals surface area contributed by atoms with Gasteiger partial charge < -0.3 is 0 Å². The molecule has 0 unspecified atom stereocenters. The van der Waals surface area contributed by atoms with Gasteiger partial charge in [-0.2, -0.15) is 0 Å². The third-order valence-corrected chi connectivity index (χ3v) is 1.76. The number of alkyl halides is 1. The van der Waals surface area contributed by atoms with E-state index in [9.17, 15) is 4.79 Å². The molecule has 0 amide bonds. The Balaban J connectivity index is 3.11. The van der Waals surface area contributed by atoms with Crippen molar-refractivity contribution in [3.8, 4) is 0 Å². The van der Waals surface area contributed by atoms with E-state index in [-0.39, 0.29) is 0 Å². The summed E-state index contributed by atoms with van der Waals surface area (Å²) in [6.07, 6.45) is 0.836. The minimum absolute atomic E-state index is 0.461. The summed E-state index contributed by atoms with van der Waals surface area (Å²) in [5.74, 6) is 0.461. The molecule has 0 heterocycles. The van der Waals surface area contributed by atoms with Crippen LogP contribution in [-0.2, 0) is 5.88 Å². The SMILES string of the molecule is Cc1cc(C=O)cc(CCl)c1. The molecule has 0 spiro atoms. The smallest absolute Gasteiger partial charge is 0.150 e. The maximum absolute atomic E-state index is 10.4. The van der Waals surface area contributed by atoms with E-state index in [1.54, 1.807) is 6.07 Å². The van der Waals surface area contributed by atoms with Gasteiger partial charge in [-0.1, -0.05) is 11.6 Å². The number of hydrogen-bond donors (Lipinski definition) is 0. The van der Waals surface area contributed by atoms with E-state index in [1.165, 1.54) is 0 Å². The average Bonchev–Trinajstić information content (AvgIpc) is 2.03. The zero-order chi connectivity index (χ0) is 8.27. The fourth-order valence-electron chi connectivity index (χ4n) is 1.04. The van der Waals surface area contributed by atoms with Crippen molar-refractivity contribution < 1.29 is 4.79 Å². The minimum Gasteiger partial charge on any atom is -0.298 e. The predicted molar refractivity (Wildman–Crippen MR) is 46.1 cm³/mol. The van der Waals surface area contributed by atoms with Crippen LogP contribution in [0.1, 0.15) is 21.5 Å². The Morgan fingerprint density at radius 2 is 2.18 bits per heavy atom. The van der Waals surface area contributed by atoms with Crippen molar-refractivity contribution in [3.05, 3.63) is 34.9 Å². The van der Waals surface area contributed by atoms with Crippen molar-refractivity contribution in [1.82, 2.24) is 0 Å². The summed E-state index contributed by atoms with van der Waals surface area (Å²) in [4.78, 5) is 10.4. The summed E-state index contributed by atoms with van der Waals surface area (Å²) in [5, 5.41) is 0. The molecule has 0 aliphatic rings. The molecule has 58 valence electrons. The summed E-state index contributed by atoms with van der Waals surface area (Å²) in [5.41, 5.74) is 2.76. The summed E-state index contributed by atoms with van der Waals surface area (Å²) in [6, 6.07) is 5.61. The number of carbonyl (C=O) groups excluding carboxylic acids is 1. The average molecular weight is 169 g/mol. The molecule has 1 rings (SSSR count). The summed E-state index contributed by atoms with van der Waals surface area (Å²) >= 11 is 5.61. The van der Waals surface area contributed by atoms with Crippen LogP contribution < -0.4 is 0 Å². The first-order valence-corrected chi connectivity index (χ1v) is 3.91. The first-order chi connectivity index (χ1) is 5.26. The molecular weight excluding hydrogens is 160 g/mol. The molecule has 2 heteroatoms. The van der Waals surface area contributed by atoms with Gasteiger partial charge in [-0.15, -0.1) is 11.6 Å². The van der Waals surface area contributed by atoms with Crippen molar-refractivity contribution in [3.63, 3.8) is 0 Å². The normalized spacial score (nSPS) is 9.64. The van der Waals surface area contributed by atoms with Crippen LogP contribution in [0.15, 0.2) is 18.2 Å². The van der Waals surface area contributed by atoms with E-state index in [1.807, 2.05) is 19.1 Å². The Hall–Kier alpha value is -0.820. The van der Waals surface area contributed by atoms with Crippen LogP contribution in [-0.4, -0.2) is 6.29 Å². The third-order valence-electron chi connectivity index (χ3n) is 1.45. The molecule has 11 heavy (non-hydrogen) atoms. The van der Waals surface area contributed by atoms with Crippen molar-refractivity contribution in [1.29, 1.82) is 0 Å². The highest BCUT2D eigenvalue weighted by Crippen LogP contribution is 2.09. The van der Waals surface area contributed by atoms with Gasteiger partial charge in [0.05, 0.1) is 0 Å². The number of aldehydes is 1. The van der Waals surface area contributed by atoms with Gasteiger partial charge in [0, 0.05) is 11.4 Å².